The van der Waals surface area contributed by atoms with Crippen LogP contribution in [0.2, 0.25) is 0 Å². The zero-order valence-corrected chi connectivity index (χ0v) is 22.6. The van der Waals surface area contributed by atoms with Crippen molar-refractivity contribution in [1.82, 2.24) is 19.2 Å². The van der Waals surface area contributed by atoms with Gasteiger partial charge in [-0.1, -0.05) is 18.2 Å². The minimum atomic E-state index is -0.134. The van der Waals surface area contributed by atoms with E-state index in [2.05, 4.69) is 44.1 Å². The van der Waals surface area contributed by atoms with Gasteiger partial charge >= 0.3 is 5.69 Å². The number of piperazine rings is 1. The number of methoxy groups -OCH3 is 1. The van der Waals surface area contributed by atoms with Gasteiger partial charge in [0.25, 0.3) is 0 Å². The average molecular weight is 529 g/mol. The molecule has 1 fully saturated rings. The number of para-hydroxylation sites is 1. The second-order valence-corrected chi connectivity index (χ2v) is 9.66. The predicted octanol–water partition coefficient (Wildman–Crippen LogP) is 3.38. The van der Waals surface area contributed by atoms with Crippen molar-refractivity contribution in [1.29, 1.82) is 0 Å². The largest absolute Gasteiger partial charge is 0.497 e. The van der Waals surface area contributed by atoms with Gasteiger partial charge in [0.05, 0.1) is 19.3 Å². The lowest BCUT2D eigenvalue weighted by molar-refractivity contribution is 0.230. The molecule has 1 aliphatic rings. The molecule has 0 atom stereocenters. The summed E-state index contributed by atoms with van der Waals surface area (Å²) in [6, 6.07) is 26.2. The summed E-state index contributed by atoms with van der Waals surface area (Å²) in [4.78, 5) is 19.9. The minimum absolute atomic E-state index is 0.134. The Bertz CT molecular complexity index is 1360. The Morgan fingerprint density at radius 3 is 1.97 bits per heavy atom. The van der Waals surface area contributed by atoms with E-state index >= 15 is 0 Å². The molecule has 9 heteroatoms. The summed E-state index contributed by atoms with van der Waals surface area (Å²) < 4.78 is 14.1. The number of hydrogen-bond donors (Lipinski definition) is 0. The van der Waals surface area contributed by atoms with Gasteiger partial charge in [-0.25, -0.2) is 14.0 Å². The molecule has 5 rings (SSSR count). The van der Waals surface area contributed by atoms with E-state index in [4.69, 9.17) is 9.47 Å². The molecule has 9 nitrogen and oxygen atoms in total. The van der Waals surface area contributed by atoms with Gasteiger partial charge in [-0.15, -0.1) is 0 Å². The van der Waals surface area contributed by atoms with Crippen molar-refractivity contribution in [3.63, 3.8) is 0 Å². The number of ether oxygens (including phenoxy) is 2. The van der Waals surface area contributed by atoms with Gasteiger partial charge < -0.3 is 24.2 Å². The van der Waals surface area contributed by atoms with Crippen LogP contribution in [0.3, 0.4) is 0 Å². The standard InChI is InChI=1S/C30H36N6O3/c1-32(22-23-39-29-6-4-3-5-7-29)16-21-36-30(37)35(24-31-36)27-10-8-25(9-11-27)33-17-19-34(20-18-33)26-12-14-28(38-2)15-13-26/h3-15,24H,16-23H2,1-2H3. The molecule has 1 saturated heterocycles. The third-order valence-corrected chi connectivity index (χ3v) is 7.12. The predicted molar refractivity (Wildman–Crippen MR) is 155 cm³/mol. The van der Waals surface area contributed by atoms with Crippen LogP contribution in [-0.2, 0) is 6.54 Å². The summed E-state index contributed by atoms with van der Waals surface area (Å²) in [6.07, 6.45) is 1.60. The van der Waals surface area contributed by atoms with Crippen molar-refractivity contribution >= 4 is 11.4 Å². The minimum Gasteiger partial charge on any atom is -0.497 e. The van der Waals surface area contributed by atoms with E-state index in [0.717, 1.165) is 55.6 Å². The first-order valence-corrected chi connectivity index (χ1v) is 13.4. The quantitative estimate of drug-likeness (QED) is 0.296. The van der Waals surface area contributed by atoms with Gasteiger partial charge in [-0.05, 0) is 67.7 Å². The number of aromatic nitrogens is 3. The van der Waals surface area contributed by atoms with Gasteiger partial charge in [0.2, 0.25) is 0 Å². The smallest absolute Gasteiger partial charge is 0.350 e. The Hall–Kier alpha value is -4.24. The van der Waals surface area contributed by atoms with Gasteiger partial charge in [-0.2, -0.15) is 5.10 Å². The van der Waals surface area contributed by atoms with E-state index in [-0.39, 0.29) is 5.69 Å². The van der Waals surface area contributed by atoms with Gasteiger partial charge in [-0.3, -0.25) is 0 Å². The molecule has 4 aromatic rings. The van der Waals surface area contributed by atoms with E-state index < -0.39 is 0 Å². The second-order valence-electron chi connectivity index (χ2n) is 9.66. The molecule has 1 aromatic heterocycles. The highest BCUT2D eigenvalue weighted by Crippen LogP contribution is 2.23. The Balaban J connectivity index is 1.11. The first kappa shape index (κ1) is 26.4. The first-order chi connectivity index (χ1) is 19.1. The van der Waals surface area contributed by atoms with Crippen molar-refractivity contribution in [3.8, 4) is 17.2 Å². The molecule has 204 valence electrons. The number of rotatable bonds is 11. The van der Waals surface area contributed by atoms with Gasteiger partial charge in [0, 0.05) is 50.6 Å². The maximum Gasteiger partial charge on any atom is 0.350 e. The molecule has 39 heavy (non-hydrogen) atoms. The van der Waals surface area contributed by atoms with E-state index in [1.807, 2.05) is 61.6 Å². The van der Waals surface area contributed by atoms with E-state index in [1.54, 1.807) is 18.0 Å². The van der Waals surface area contributed by atoms with Crippen LogP contribution in [0.25, 0.3) is 5.69 Å². The molecule has 3 aromatic carbocycles. The molecule has 0 spiro atoms. The van der Waals surface area contributed by atoms with Crippen LogP contribution in [0.15, 0.2) is 90.0 Å². The molecule has 0 unspecified atom stereocenters. The zero-order chi connectivity index (χ0) is 27.0. The van der Waals surface area contributed by atoms with Gasteiger partial charge in [0.15, 0.2) is 0 Å². The summed E-state index contributed by atoms with van der Waals surface area (Å²) in [5.41, 5.74) is 3.06. The molecule has 2 heterocycles. The Morgan fingerprint density at radius 2 is 1.36 bits per heavy atom. The first-order valence-electron chi connectivity index (χ1n) is 13.4. The molecular formula is C30H36N6O3. The summed E-state index contributed by atoms with van der Waals surface area (Å²) in [7, 11) is 3.71. The summed E-state index contributed by atoms with van der Waals surface area (Å²) in [5, 5.41) is 4.34. The van der Waals surface area contributed by atoms with Crippen molar-refractivity contribution < 1.29 is 9.47 Å². The van der Waals surface area contributed by atoms with Crippen LogP contribution in [-0.4, -0.2) is 79.3 Å². The van der Waals surface area contributed by atoms with Crippen molar-refractivity contribution in [2.75, 3.05) is 69.8 Å². The van der Waals surface area contributed by atoms with Gasteiger partial charge in [0.1, 0.15) is 24.4 Å². The SMILES string of the molecule is COc1ccc(N2CCN(c3ccc(-n4cnn(CCN(C)CCOc5ccccc5)c4=O)cc3)CC2)cc1. The zero-order valence-electron chi connectivity index (χ0n) is 22.6. The van der Waals surface area contributed by atoms with Crippen LogP contribution in [0.1, 0.15) is 0 Å². The molecule has 0 aliphatic carbocycles. The Morgan fingerprint density at radius 1 is 0.769 bits per heavy atom. The molecular weight excluding hydrogens is 492 g/mol. The van der Waals surface area contributed by atoms with E-state index in [1.165, 1.54) is 10.4 Å². The number of benzene rings is 3. The number of hydrogen-bond acceptors (Lipinski definition) is 7. The van der Waals surface area contributed by atoms with Crippen LogP contribution in [0.5, 0.6) is 11.5 Å². The third kappa shape index (κ3) is 6.61. The average Bonchev–Trinajstić information content (AvgIpc) is 3.36. The Labute approximate surface area is 229 Å². The lowest BCUT2D eigenvalue weighted by atomic mass is 10.2. The molecule has 0 radical (unpaired) electrons. The second kappa shape index (κ2) is 12.5. The van der Waals surface area contributed by atoms with Crippen molar-refractivity contribution in [2.24, 2.45) is 0 Å². The lowest BCUT2D eigenvalue weighted by Gasteiger charge is -2.37. The lowest BCUT2D eigenvalue weighted by Crippen LogP contribution is -2.46. The van der Waals surface area contributed by atoms with E-state index in [0.29, 0.717) is 19.7 Å². The third-order valence-electron chi connectivity index (χ3n) is 7.12. The van der Waals surface area contributed by atoms with Crippen LogP contribution < -0.4 is 25.0 Å². The highest BCUT2D eigenvalue weighted by molar-refractivity contribution is 5.54. The molecule has 1 aliphatic heterocycles. The summed E-state index contributed by atoms with van der Waals surface area (Å²) >= 11 is 0. The number of likely N-dealkylation sites (N-methyl/N-ethyl adjacent to an activating group) is 1. The van der Waals surface area contributed by atoms with Crippen LogP contribution in [0.4, 0.5) is 11.4 Å². The fraction of sp³-hybridized carbons (Fsp3) is 0.333. The molecule has 0 N–H and O–H groups in total. The topological polar surface area (TPSA) is 68.0 Å². The normalized spacial score (nSPS) is 13.6. The number of anilines is 2. The molecule has 0 bridgehead atoms. The maximum atomic E-state index is 13.0. The summed E-state index contributed by atoms with van der Waals surface area (Å²) in [6.45, 7) is 6.36. The fourth-order valence-corrected chi connectivity index (χ4v) is 4.72. The van der Waals surface area contributed by atoms with Crippen molar-refractivity contribution in [2.45, 2.75) is 6.54 Å². The van der Waals surface area contributed by atoms with Crippen LogP contribution in [0, 0.1) is 0 Å². The summed E-state index contributed by atoms with van der Waals surface area (Å²) in [5.74, 6) is 1.74. The number of nitrogens with zero attached hydrogens (tertiary/aromatic N) is 6. The maximum absolute atomic E-state index is 13.0. The molecule has 0 saturated carbocycles. The van der Waals surface area contributed by atoms with Crippen molar-refractivity contribution in [3.05, 3.63) is 95.7 Å². The van der Waals surface area contributed by atoms with Crippen LogP contribution >= 0.6 is 0 Å². The van der Waals surface area contributed by atoms with E-state index in [9.17, 15) is 4.79 Å². The highest BCUT2D eigenvalue weighted by Gasteiger charge is 2.18. The molecule has 0 amide bonds. The Kier molecular flexibility index (Phi) is 8.48. The fourth-order valence-electron chi connectivity index (χ4n) is 4.72. The monoisotopic (exact) mass is 528 g/mol. The highest BCUT2D eigenvalue weighted by atomic mass is 16.5.